The van der Waals surface area contributed by atoms with Crippen molar-refractivity contribution in [3.05, 3.63) is 42.1 Å². The summed E-state index contributed by atoms with van der Waals surface area (Å²) in [6.07, 6.45) is 3.55. The zero-order valence-electron chi connectivity index (χ0n) is 23.7. The number of urea groups is 1. The second-order valence-corrected chi connectivity index (χ2v) is 11.5. The summed E-state index contributed by atoms with van der Waals surface area (Å²) in [6, 6.07) is 8.91. The van der Waals surface area contributed by atoms with Gasteiger partial charge in [-0.05, 0) is 51.8 Å². The van der Waals surface area contributed by atoms with Crippen molar-refractivity contribution in [2.75, 3.05) is 38.3 Å². The first-order valence-electron chi connectivity index (χ1n) is 13.8. The molecule has 0 saturated heterocycles. The van der Waals surface area contributed by atoms with Gasteiger partial charge in [-0.15, -0.1) is 0 Å². The van der Waals surface area contributed by atoms with Gasteiger partial charge in [-0.1, -0.05) is 0 Å². The molecule has 41 heavy (non-hydrogen) atoms. The van der Waals surface area contributed by atoms with Gasteiger partial charge in [0.05, 0.1) is 35.3 Å². The topological polar surface area (TPSA) is 120 Å². The standard InChI is InChI=1S/C30H34N4O7/c1-29(2,3)41-28(36)33-30(9-10-30)17-39-24-16-20-25(19-8-13-38-26(19)24)22(7-11-32-20)40-18-5-6-21-23(15-18)37-14-12-34(21)27(35)31-4/h5-7,11,15-16H,8-10,12-14,17H2,1-4H3,(H,31,35)(H,33,36). The van der Waals surface area contributed by atoms with Gasteiger partial charge in [0.1, 0.15) is 36.1 Å². The van der Waals surface area contributed by atoms with Crippen LogP contribution in [-0.2, 0) is 11.2 Å². The van der Waals surface area contributed by atoms with Gasteiger partial charge in [-0.25, -0.2) is 9.59 Å². The third-order valence-electron chi connectivity index (χ3n) is 7.21. The molecule has 3 aromatic rings. The van der Waals surface area contributed by atoms with Crippen LogP contribution in [0, 0.1) is 0 Å². The monoisotopic (exact) mass is 562 g/mol. The Morgan fingerprint density at radius 1 is 1.10 bits per heavy atom. The first-order valence-corrected chi connectivity index (χ1v) is 13.8. The molecule has 0 radical (unpaired) electrons. The zero-order chi connectivity index (χ0) is 28.8. The molecule has 1 saturated carbocycles. The highest BCUT2D eigenvalue weighted by Crippen LogP contribution is 2.46. The van der Waals surface area contributed by atoms with Crippen LogP contribution in [0.5, 0.6) is 28.7 Å². The maximum atomic E-state index is 12.3. The Kier molecular flexibility index (Phi) is 6.67. The molecule has 3 heterocycles. The predicted molar refractivity (Wildman–Crippen MR) is 152 cm³/mol. The van der Waals surface area contributed by atoms with E-state index in [9.17, 15) is 9.59 Å². The fourth-order valence-corrected chi connectivity index (χ4v) is 5.10. The Hall–Kier alpha value is -4.41. The molecular weight excluding hydrogens is 528 g/mol. The first-order chi connectivity index (χ1) is 19.6. The molecule has 1 fully saturated rings. The smallest absolute Gasteiger partial charge is 0.408 e. The van der Waals surface area contributed by atoms with E-state index in [2.05, 4.69) is 15.6 Å². The lowest BCUT2D eigenvalue weighted by Crippen LogP contribution is -2.44. The number of rotatable bonds is 6. The molecule has 1 aromatic heterocycles. The van der Waals surface area contributed by atoms with Crippen molar-refractivity contribution in [1.29, 1.82) is 0 Å². The van der Waals surface area contributed by atoms with E-state index in [0.29, 0.717) is 72.7 Å². The summed E-state index contributed by atoms with van der Waals surface area (Å²) in [5.41, 5.74) is 1.34. The number of nitrogens with zero attached hydrogens (tertiary/aromatic N) is 2. The Morgan fingerprint density at radius 3 is 2.68 bits per heavy atom. The van der Waals surface area contributed by atoms with Gasteiger partial charge in [-0.2, -0.15) is 0 Å². The fourth-order valence-electron chi connectivity index (χ4n) is 5.10. The van der Waals surface area contributed by atoms with Gasteiger partial charge in [0, 0.05) is 37.4 Å². The molecule has 3 amide bonds. The third kappa shape index (κ3) is 5.48. The summed E-state index contributed by atoms with van der Waals surface area (Å²) in [5, 5.41) is 6.49. The molecule has 6 rings (SSSR count). The van der Waals surface area contributed by atoms with Crippen LogP contribution < -0.4 is 34.5 Å². The van der Waals surface area contributed by atoms with Gasteiger partial charge in [0.25, 0.3) is 0 Å². The number of hydrogen-bond donors (Lipinski definition) is 2. The molecule has 0 unspecified atom stereocenters. The molecule has 216 valence electrons. The molecule has 0 bridgehead atoms. The minimum atomic E-state index is -0.572. The van der Waals surface area contributed by atoms with Crippen LogP contribution in [0.4, 0.5) is 15.3 Å². The first kappa shape index (κ1) is 26.8. The Labute approximate surface area is 238 Å². The minimum absolute atomic E-state index is 0.190. The Bertz CT molecular complexity index is 1510. The highest BCUT2D eigenvalue weighted by Gasteiger charge is 2.46. The highest BCUT2D eigenvalue weighted by molar-refractivity contribution is 5.94. The van der Waals surface area contributed by atoms with E-state index in [1.807, 2.05) is 45.0 Å². The lowest BCUT2D eigenvalue weighted by atomic mass is 10.0. The van der Waals surface area contributed by atoms with Gasteiger partial charge >= 0.3 is 12.1 Å². The fraction of sp³-hybridized carbons (Fsp3) is 0.433. The Balaban J connectivity index is 1.24. The molecule has 0 atom stereocenters. The second-order valence-electron chi connectivity index (χ2n) is 11.5. The number of pyridine rings is 1. The summed E-state index contributed by atoms with van der Waals surface area (Å²) in [6.45, 7) is 7.19. The van der Waals surface area contributed by atoms with Gasteiger partial charge in [-0.3, -0.25) is 9.88 Å². The van der Waals surface area contributed by atoms with E-state index >= 15 is 0 Å². The van der Waals surface area contributed by atoms with Gasteiger partial charge in [0.2, 0.25) is 0 Å². The predicted octanol–water partition coefficient (Wildman–Crippen LogP) is 4.94. The number of ether oxygens (including phenoxy) is 5. The van der Waals surface area contributed by atoms with E-state index in [0.717, 1.165) is 23.8 Å². The molecule has 11 nitrogen and oxygen atoms in total. The Morgan fingerprint density at radius 2 is 1.93 bits per heavy atom. The molecular formula is C30H34N4O7. The molecule has 2 aliphatic heterocycles. The number of benzene rings is 2. The number of fused-ring (bicyclic) bond motifs is 4. The average Bonchev–Trinajstić information content (AvgIpc) is 3.50. The highest BCUT2D eigenvalue weighted by atomic mass is 16.6. The van der Waals surface area contributed by atoms with Crippen molar-refractivity contribution in [3.63, 3.8) is 0 Å². The second kappa shape index (κ2) is 10.2. The quantitative estimate of drug-likeness (QED) is 0.434. The van der Waals surface area contributed by atoms with E-state index in [4.69, 9.17) is 23.7 Å². The number of anilines is 1. The molecule has 11 heteroatoms. The van der Waals surface area contributed by atoms with E-state index < -0.39 is 17.2 Å². The van der Waals surface area contributed by atoms with Crippen LogP contribution in [0.3, 0.4) is 0 Å². The lowest BCUT2D eigenvalue weighted by Gasteiger charge is -2.29. The largest absolute Gasteiger partial charge is 0.489 e. The van der Waals surface area contributed by atoms with Gasteiger partial charge < -0.3 is 34.3 Å². The van der Waals surface area contributed by atoms with Crippen LogP contribution in [0.1, 0.15) is 39.2 Å². The number of nitrogens with one attached hydrogen (secondary N) is 2. The maximum Gasteiger partial charge on any atom is 0.408 e. The molecule has 0 spiro atoms. The van der Waals surface area contributed by atoms with Crippen molar-refractivity contribution in [3.8, 4) is 28.7 Å². The number of carbonyl (C=O) groups excluding carboxylic acids is 2. The summed E-state index contributed by atoms with van der Waals surface area (Å²) >= 11 is 0. The molecule has 1 aliphatic carbocycles. The summed E-state index contributed by atoms with van der Waals surface area (Å²) in [5.74, 6) is 3.04. The summed E-state index contributed by atoms with van der Waals surface area (Å²) in [7, 11) is 1.60. The molecule has 2 aromatic carbocycles. The van der Waals surface area contributed by atoms with Gasteiger partial charge in [0.15, 0.2) is 11.5 Å². The van der Waals surface area contributed by atoms with Crippen molar-refractivity contribution < 1.29 is 33.3 Å². The summed E-state index contributed by atoms with van der Waals surface area (Å²) in [4.78, 5) is 30.9. The van der Waals surface area contributed by atoms with E-state index in [-0.39, 0.29) is 6.03 Å². The number of carbonyl (C=O) groups is 2. The van der Waals surface area contributed by atoms with Crippen LogP contribution in [-0.4, -0.2) is 61.7 Å². The van der Waals surface area contributed by atoms with Crippen LogP contribution in [0.2, 0.25) is 0 Å². The molecule has 3 aliphatic rings. The van der Waals surface area contributed by atoms with Crippen molar-refractivity contribution >= 4 is 28.7 Å². The third-order valence-corrected chi connectivity index (χ3v) is 7.21. The van der Waals surface area contributed by atoms with Crippen LogP contribution in [0.25, 0.3) is 10.9 Å². The SMILES string of the molecule is CNC(=O)N1CCOc2cc(Oc3ccnc4cc(OCC5(NC(=O)OC(C)(C)C)CC5)c5c(c34)CCO5)ccc21. The lowest BCUT2D eigenvalue weighted by molar-refractivity contribution is 0.0476. The molecule has 2 N–H and O–H groups in total. The number of aromatic nitrogens is 1. The average molecular weight is 563 g/mol. The van der Waals surface area contributed by atoms with Crippen LogP contribution >= 0.6 is 0 Å². The maximum absolute atomic E-state index is 12.3. The number of amides is 3. The number of hydrogen-bond acceptors (Lipinski definition) is 8. The zero-order valence-corrected chi connectivity index (χ0v) is 23.7. The summed E-state index contributed by atoms with van der Waals surface area (Å²) < 4.78 is 29.9. The van der Waals surface area contributed by atoms with Crippen molar-refractivity contribution in [2.24, 2.45) is 0 Å². The normalized spacial score (nSPS) is 16.5. The van der Waals surface area contributed by atoms with E-state index in [1.165, 1.54) is 0 Å². The van der Waals surface area contributed by atoms with Crippen LogP contribution in [0.15, 0.2) is 36.5 Å². The van der Waals surface area contributed by atoms with Crippen molar-refractivity contribution in [1.82, 2.24) is 15.6 Å². The van der Waals surface area contributed by atoms with E-state index in [1.54, 1.807) is 24.2 Å². The van der Waals surface area contributed by atoms with Crippen molar-refractivity contribution in [2.45, 2.75) is 51.2 Å². The number of alkyl carbamates (subject to hydrolysis) is 1. The minimum Gasteiger partial charge on any atom is -0.489 e.